The number of halogens is 1. The Labute approximate surface area is 109 Å². The summed E-state index contributed by atoms with van der Waals surface area (Å²) in [6.45, 7) is 0. The average molecular weight is 254 g/mol. The smallest absolute Gasteiger partial charge is 0.123 e. The number of hydrogen-bond donors (Lipinski definition) is 0. The normalized spacial score (nSPS) is 10.6. The van der Waals surface area contributed by atoms with Crippen LogP contribution < -0.4 is 0 Å². The fraction of sp³-hybridized carbons (Fsp3) is 0.0714. The molecule has 0 saturated heterocycles. The number of aromatic nitrogens is 4. The van der Waals surface area contributed by atoms with E-state index in [0.717, 1.165) is 22.5 Å². The Balaban J connectivity index is 2.16. The van der Waals surface area contributed by atoms with Gasteiger partial charge in [0.05, 0.1) is 5.69 Å². The van der Waals surface area contributed by atoms with Gasteiger partial charge in [-0.05, 0) is 36.4 Å². The van der Waals surface area contributed by atoms with Crippen molar-refractivity contribution >= 4 is 0 Å². The lowest BCUT2D eigenvalue weighted by Gasteiger charge is -2.04. The average Bonchev–Trinajstić information content (AvgIpc) is 2.82. The van der Waals surface area contributed by atoms with Crippen LogP contribution in [0, 0.1) is 5.82 Å². The lowest BCUT2D eigenvalue weighted by molar-refractivity contribution is 0.628. The number of hydrogen-bond acceptors (Lipinski definition) is 3. The van der Waals surface area contributed by atoms with Crippen LogP contribution in [0.2, 0.25) is 0 Å². The zero-order valence-corrected chi connectivity index (χ0v) is 10.3. The number of rotatable bonds is 2. The van der Waals surface area contributed by atoms with Crippen LogP contribution in [0.3, 0.4) is 0 Å². The van der Waals surface area contributed by atoms with Crippen LogP contribution >= 0.6 is 0 Å². The first-order valence-electron chi connectivity index (χ1n) is 5.82. The maximum atomic E-state index is 13.0. The van der Waals surface area contributed by atoms with Gasteiger partial charge in [0.25, 0.3) is 0 Å². The highest BCUT2D eigenvalue weighted by Gasteiger charge is 2.14. The van der Waals surface area contributed by atoms with Gasteiger partial charge >= 0.3 is 0 Å². The summed E-state index contributed by atoms with van der Waals surface area (Å²) in [5.74, 6) is -0.266. The van der Waals surface area contributed by atoms with Gasteiger partial charge in [0.15, 0.2) is 0 Å². The summed E-state index contributed by atoms with van der Waals surface area (Å²) in [7, 11) is 1.83. The van der Waals surface area contributed by atoms with Crippen molar-refractivity contribution in [2.45, 2.75) is 0 Å². The van der Waals surface area contributed by atoms with E-state index >= 15 is 0 Å². The van der Waals surface area contributed by atoms with E-state index in [2.05, 4.69) is 15.3 Å². The first-order chi connectivity index (χ1) is 9.25. The molecule has 0 atom stereocenters. The molecule has 0 saturated carbocycles. The third-order valence-electron chi connectivity index (χ3n) is 2.90. The summed E-state index contributed by atoms with van der Waals surface area (Å²) in [4.78, 5) is 4.00. The molecule has 4 nitrogen and oxygen atoms in total. The number of pyridine rings is 1. The molecule has 0 aliphatic carbocycles. The molecular formula is C14H11FN4. The topological polar surface area (TPSA) is 43.6 Å². The maximum absolute atomic E-state index is 13.0. The Morgan fingerprint density at radius 1 is 0.947 bits per heavy atom. The fourth-order valence-electron chi connectivity index (χ4n) is 1.99. The van der Waals surface area contributed by atoms with Crippen LogP contribution in [0.15, 0.2) is 48.8 Å². The predicted molar refractivity (Wildman–Crippen MR) is 69.6 cm³/mol. The van der Waals surface area contributed by atoms with Gasteiger partial charge in [0.2, 0.25) is 0 Å². The van der Waals surface area contributed by atoms with Crippen molar-refractivity contribution in [3.8, 4) is 22.5 Å². The zero-order valence-electron chi connectivity index (χ0n) is 10.3. The Morgan fingerprint density at radius 2 is 1.63 bits per heavy atom. The minimum absolute atomic E-state index is 0.266. The molecular weight excluding hydrogens is 243 g/mol. The Morgan fingerprint density at radius 3 is 2.32 bits per heavy atom. The van der Waals surface area contributed by atoms with Crippen molar-refractivity contribution in [2.24, 2.45) is 7.05 Å². The van der Waals surface area contributed by atoms with Gasteiger partial charge in [-0.3, -0.25) is 4.98 Å². The lowest BCUT2D eigenvalue weighted by atomic mass is 10.1. The molecule has 1 aromatic carbocycles. The summed E-state index contributed by atoms with van der Waals surface area (Å²) in [5.41, 5.74) is 3.42. The summed E-state index contributed by atoms with van der Waals surface area (Å²) in [6.07, 6.45) is 3.44. The maximum Gasteiger partial charge on any atom is 0.123 e. The quantitative estimate of drug-likeness (QED) is 0.706. The molecule has 0 radical (unpaired) electrons. The fourth-order valence-corrected chi connectivity index (χ4v) is 1.99. The summed E-state index contributed by atoms with van der Waals surface area (Å²) in [5, 5.41) is 8.21. The van der Waals surface area contributed by atoms with E-state index in [0.29, 0.717) is 0 Å². The highest BCUT2D eigenvalue weighted by molar-refractivity contribution is 5.77. The van der Waals surface area contributed by atoms with E-state index < -0.39 is 0 Å². The predicted octanol–water partition coefficient (Wildman–Crippen LogP) is 2.68. The molecule has 0 unspecified atom stereocenters. The van der Waals surface area contributed by atoms with Crippen molar-refractivity contribution in [3.05, 3.63) is 54.6 Å². The molecule has 0 amide bonds. The number of nitrogens with zero attached hydrogens (tertiary/aromatic N) is 4. The molecule has 94 valence electrons. The van der Waals surface area contributed by atoms with Crippen molar-refractivity contribution in [2.75, 3.05) is 0 Å². The van der Waals surface area contributed by atoms with Crippen LogP contribution in [0.1, 0.15) is 0 Å². The number of aryl methyl sites for hydroxylation is 1. The third-order valence-corrected chi connectivity index (χ3v) is 2.90. The Kier molecular flexibility index (Phi) is 2.79. The van der Waals surface area contributed by atoms with Gasteiger partial charge in [0, 0.05) is 30.6 Å². The molecule has 0 N–H and O–H groups in total. The lowest BCUT2D eigenvalue weighted by Crippen LogP contribution is -1.94. The van der Waals surface area contributed by atoms with E-state index in [9.17, 15) is 4.39 Å². The molecule has 2 heterocycles. The monoisotopic (exact) mass is 254 g/mol. The van der Waals surface area contributed by atoms with Crippen LogP contribution in [0.5, 0.6) is 0 Å². The van der Waals surface area contributed by atoms with E-state index in [1.807, 2.05) is 19.2 Å². The van der Waals surface area contributed by atoms with E-state index in [4.69, 9.17) is 0 Å². The Bertz CT molecular complexity index is 689. The van der Waals surface area contributed by atoms with Crippen molar-refractivity contribution < 1.29 is 4.39 Å². The van der Waals surface area contributed by atoms with Crippen LogP contribution in [-0.4, -0.2) is 20.0 Å². The Hall–Kier alpha value is -2.56. The van der Waals surface area contributed by atoms with Crippen molar-refractivity contribution in [1.82, 2.24) is 20.0 Å². The molecule has 0 fully saturated rings. The summed E-state index contributed by atoms with van der Waals surface area (Å²) >= 11 is 0. The summed E-state index contributed by atoms with van der Waals surface area (Å²) < 4.78 is 14.7. The molecule has 0 spiro atoms. The minimum Gasteiger partial charge on any atom is -0.265 e. The SMILES string of the molecule is Cn1nnc(-c2ccc(F)cc2)c1-c1ccncc1. The molecule has 0 aliphatic rings. The first kappa shape index (κ1) is 11.5. The van der Waals surface area contributed by atoms with Crippen molar-refractivity contribution in [1.29, 1.82) is 0 Å². The van der Waals surface area contributed by atoms with Crippen LogP contribution in [-0.2, 0) is 7.05 Å². The van der Waals surface area contributed by atoms with Crippen LogP contribution in [0.25, 0.3) is 22.5 Å². The molecule has 0 aliphatic heterocycles. The third kappa shape index (κ3) is 2.10. The second kappa shape index (κ2) is 4.61. The summed E-state index contributed by atoms with van der Waals surface area (Å²) in [6, 6.07) is 10.0. The standard InChI is InChI=1S/C14H11FN4/c1-19-14(11-6-8-16-9-7-11)13(17-18-19)10-2-4-12(15)5-3-10/h2-9H,1H3. The molecule has 2 aromatic heterocycles. The van der Waals surface area contributed by atoms with Gasteiger partial charge in [-0.15, -0.1) is 5.10 Å². The minimum atomic E-state index is -0.266. The van der Waals surface area contributed by atoms with E-state index in [-0.39, 0.29) is 5.82 Å². The van der Waals surface area contributed by atoms with Gasteiger partial charge in [-0.1, -0.05) is 5.21 Å². The largest absolute Gasteiger partial charge is 0.265 e. The highest BCUT2D eigenvalue weighted by atomic mass is 19.1. The van der Waals surface area contributed by atoms with Gasteiger partial charge in [-0.2, -0.15) is 0 Å². The second-order valence-electron chi connectivity index (χ2n) is 4.15. The second-order valence-corrected chi connectivity index (χ2v) is 4.15. The van der Waals surface area contributed by atoms with E-state index in [1.165, 1.54) is 12.1 Å². The molecule has 19 heavy (non-hydrogen) atoms. The zero-order chi connectivity index (χ0) is 13.2. The van der Waals surface area contributed by atoms with Crippen molar-refractivity contribution in [3.63, 3.8) is 0 Å². The molecule has 3 rings (SSSR count). The molecule has 0 bridgehead atoms. The van der Waals surface area contributed by atoms with E-state index in [1.54, 1.807) is 29.2 Å². The first-order valence-corrected chi connectivity index (χ1v) is 5.82. The van der Waals surface area contributed by atoms with Gasteiger partial charge in [-0.25, -0.2) is 9.07 Å². The van der Waals surface area contributed by atoms with Gasteiger partial charge < -0.3 is 0 Å². The molecule has 3 aromatic rings. The highest BCUT2D eigenvalue weighted by Crippen LogP contribution is 2.29. The van der Waals surface area contributed by atoms with Gasteiger partial charge in [0.1, 0.15) is 11.5 Å². The van der Waals surface area contributed by atoms with Crippen LogP contribution in [0.4, 0.5) is 4.39 Å². The number of benzene rings is 1. The molecule has 5 heteroatoms.